The van der Waals surface area contributed by atoms with Crippen molar-refractivity contribution in [2.75, 3.05) is 11.9 Å². The summed E-state index contributed by atoms with van der Waals surface area (Å²) in [4.78, 5) is 39.9. The number of benzene rings is 2. The number of ketones is 1. The summed E-state index contributed by atoms with van der Waals surface area (Å²) < 4.78 is 0. The van der Waals surface area contributed by atoms with E-state index in [-0.39, 0.29) is 23.5 Å². The third-order valence-electron chi connectivity index (χ3n) is 7.08. The number of amides is 2. The van der Waals surface area contributed by atoms with Crippen LogP contribution in [0.5, 0.6) is 0 Å². The molecular formula is C34H40N2O3. The third kappa shape index (κ3) is 8.53. The van der Waals surface area contributed by atoms with Gasteiger partial charge < -0.3 is 10.2 Å². The van der Waals surface area contributed by atoms with Crippen LogP contribution in [0, 0.1) is 5.92 Å². The highest BCUT2D eigenvalue weighted by Crippen LogP contribution is 2.23. The van der Waals surface area contributed by atoms with E-state index < -0.39 is 6.04 Å². The molecule has 0 unspecified atom stereocenters. The van der Waals surface area contributed by atoms with E-state index in [1.807, 2.05) is 74.5 Å². The van der Waals surface area contributed by atoms with Gasteiger partial charge >= 0.3 is 0 Å². The summed E-state index contributed by atoms with van der Waals surface area (Å²) >= 11 is 0. The molecule has 0 aromatic heterocycles. The summed E-state index contributed by atoms with van der Waals surface area (Å²) in [6, 6.07) is 15.3. The fourth-order valence-corrected chi connectivity index (χ4v) is 4.71. The van der Waals surface area contributed by atoms with E-state index in [9.17, 15) is 14.4 Å². The van der Waals surface area contributed by atoms with Gasteiger partial charge in [-0.1, -0.05) is 87.9 Å². The van der Waals surface area contributed by atoms with Gasteiger partial charge in [-0.3, -0.25) is 14.4 Å². The quantitative estimate of drug-likeness (QED) is 0.141. The van der Waals surface area contributed by atoms with Crippen molar-refractivity contribution in [1.29, 1.82) is 0 Å². The molecule has 1 aliphatic heterocycles. The zero-order valence-electron chi connectivity index (χ0n) is 23.4. The highest BCUT2D eigenvalue weighted by Gasteiger charge is 2.34. The second kappa shape index (κ2) is 14.8. The maximum atomic E-state index is 13.1. The lowest BCUT2D eigenvalue weighted by molar-refractivity contribution is -0.134. The van der Waals surface area contributed by atoms with Gasteiger partial charge in [0.25, 0.3) is 5.91 Å². The Balaban J connectivity index is 1.55. The normalized spacial score (nSPS) is 15.9. The molecule has 2 atom stereocenters. The van der Waals surface area contributed by atoms with Gasteiger partial charge in [0.15, 0.2) is 5.78 Å². The van der Waals surface area contributed by atoms with E-state index in [1.54, 1.807) is 17.1 Å². The summed E-state index contributed by atoms with van der Waals surface area (Å²) in [7, 11) is 0. The highest BCUT2D eigenvalue weighted by atomic mass is 16.2. The molecule has 1 fully saturated rings. The SMILES string of the molecule is C=C=C(/C=C\C)C(=O)N1CCC[C@H]1C(=O)Cc1ccc(/C=C/c2ccc(NC(=O)[C@@H](C)CCCC)cc2)cc1. The molecule has 204 valence electrons. The fraction of sp³-hybridized carbons (Fsp3) is 0.353. The van der Waals surface area contributed by atoms with Gasteiger partial charge in [0.2, 0.25) is 5.91 Å². The van der Waals surface area contributed by atoms with Gasteiger partial charge in [0.05, 0.1) is 11.6 Å². The number of hydrogen-bond donors (Lipinski definition) is 1. The standard InChI is InChI=1S/C34H40N2O3/c1-5-8-11-25(4)33(38)35-30-21-19-27(20-22-30)14-13-26-15-17-28(18-16-26)24-32(37)31-12-9-23-36(31)34(39)29(7-3)10-6-2/h6,10,13-22,25,31H,3,5,8-9,11-12,23-24H2,1-2,4H3,(H,35,38)/b10-6-,14-13+/t25-,31-/m0/s1. The zero-order chi connectivity index (χ0) is 28.2. The molecule has 0 saturated carbocycles. The number of nitrogens with zero attached hydrogens (tertiary/aromatic N) is 1. The molecule has 1 N–H and O–H groups in total. The fourth-order valence-electron chi connectivity index (χ4n) is 4.71. The first-order chi connectivity index (χ1) is 18.9. The van der Waals surface area contributed by atoms with Crippen molar-refractivity contribution >= 4 is 35.4 Å². The van der Waals surface area contributed by atoms with Crippen LogP contribution < -0.4 is 5.32 Å². The maximum Gasteiger partial charge on any atom is 0.262 e. The van der Waals surface area contributed by atoms with E-state index >= 15 is 0 Å². The summed E-state index contributed by atoms with van der Waals surface area (Å²) in [6.45, 7) is 10.1. The van der Waals surface area contributed by atoms with Crippen LogP contribution in [0.1, 0.15) is 69.6 Å². The Kier molecular flexibility index (Phi) is 11.3. The minimum atomic E-state index is -0.405. The van der Waals surface area contributed by atoms with Crippen LogP contribution in [0.15, 0.2) is 78.6 Å². The van der Waals surface area contributed by atoms with Crippen LogP contribution >= 0.6 is 0 Å². The molecule has 1 heterocycles. The number of nitrogens with one attached hydrogen (secondary N) is 1. The topological polar surface area (TPSA) is 66.5 Å². The Morgan fingerprint density at radius 3 is 2.31 bits per heavy atom. The number of likely N-dealkylation sites (tertiary alicyclic amines) is 1. The average molecular weight is 525 g/mol. The van der Waals surface area contributed by atoms with Gasteiger partial charge in [-0.15, -0.1) is 5.73 Å². The maximum absolute atomic E-state index is 13.1. The Hall–Kier alpha value is -3.95. The van der Waals surface area contributed by atoms with Gasteiger partial charge in [0, 0.05) is 24.6 Å². The second-order valence-corrected chi connectivity index (χ2v) is 10.1. The molecular weight excluding hydrogens is 484 g/mol. The van der Waals surface area contributed by atoms with Crippen molar-refractivity contribution < 1.29 is 14.4 Å². The lowest BCUT2D eigenvalue weighted by Crippen LogP contribution is -2.41. The predicted octanol–water partition coefficient (Wildman–Crippen LogP) is 7.01. The number of Topliss-reactive ketones (excluding diaryl/α,β-unsaturated/α-hetero) is 1. The molecule has 5 nitrogen and oxygen atoms in total. The van der Waals surface area contributed by atoms with Crippen molar-refractivity contribution in [2.24, 2.45) is 5.92 Å². The molecule has 0 bridgehead atoms. The van der Waals surface area contributed by atoms with Crippen LogP contribution in [0.4, 0.5) is 5.69 Å². The van der Waals surface area contributed by atoms with E-state index in [2.05, 4.69) is 24.6 Å². The van der Waals surface area contributed by atoms with E-state index in [0.717, 1.165) is 48.1 Å². The first kappa shape index (κ1) is 29.6. The number of carbonyl (C=O) groups is 3. The molecule has 1 saturated heterocycles. The van der Waals surface area contributed by atoms with E-state index in [0.29, 0.717) is 25.0 Å². The van der Waals surface area contributed by atoms with Crippen LogP contribution in [-0.2, 0) is 20.8 Å². The molecule has 39 heavy (non-hydrogen) atoms. The Labute approximate surface area is 233 Å². The lowest BCUT2D eigenvalue weighted by Gasteiger charge is -2.23. The summed E-state index contributed by atoms with van der Waals surface area (Å²) in [5, 5.41) is 2.99. The van der Waals surface area contributed by atoms with Crippen molar-refractivity contribution in [3.8, 4) is 0 Å². The highest BCUT2D eigenvalue weighted by molar-refractivity contribution is 6.00. The first-order valence-corrected chi connectivity index (χ1v) is 13.9. The average Bonchev–Trinajstić information content (AvgIpc) is 3.45. The molecule has 1 aliphatic rings. The van der Waals surface area contributed by atoms with Crippen molar-refractivity contribution in [3.05, 3.63) is 95.3 Å². The minimum Gasteiger partial charge on any atom is -0.328 e. The van der Waals surface area contributed by atoms with Crippen molar-refractivity contribution in [1.82, 2.24) is 4.90 Å². The summed E-state index contributed by atoms with van der Waals surface area (Å²) in [5.41, 5.74) is 6.87. The van der Waals surface area contributed by atoms with E-state index in [1.165, 1.54) is 0 Å². The summed E-state index contributed by atoms with van der Waals surface area (Å²) in [6.07, 6.45) is 12.3. The number of allylic oxidation sites excluding steroid dienone is 1. The molecule has 0 spiro atoms. The van der Waals surface area contributed by atoms with Gasteiger partial charge in [-0.05, 0) is 61.1 Å². The van der Waals surface area contributed by atoms with Gasteiger partial charge in [-0.2, -0.15) is 0 Å². The van der Waals surface area contributed by atoms with Crippen LogP contribution in [0.2, 0.25) is 0 Å². The molecule has 2 aromatic rings. The second-order valence-electron chi connectivity index (χ2n) is 10.1. The van der Waals surface area contributed by atoms with Crippen molar-refractivity contribution in [3.63, 3.8) is 0 Å². The molecule has 0 radical (unpaired) electrons. The molecule has 2 aromatic carbocycles. The first-order valence-electron chi connectivity index (χ1n) is 13.9. The monoisotopic (exact) mass is 524 g/mol. The summed E-state index contributed by atoms with van der Waals surface area (Å²) in [5.74, 6) is -0.0613. The largest absolute Gasteiger partial charge is 0.328 e. The number of anilines is 1. The smallest absolute Gasteiger partial charge is 0.262 e. The third-order valence-corrected chi connectivity index (χ3v) is 7.08. The van der Waals surface area contributed by atoms with Gasteiger partial charge in [-0.25, -0.2) is 0 Å². The minimum absolute atomic E-state index is 0.00729. The Bertz CT molecular complexity index is 1250. The molecule has 3 rings (SSSR count). The zero-order valence-corrected chi connectivity index (χ0v) is 23.4. The molecule has 0 aliphatic carbocycles. The number of carbonyl (C=O) groups excluding carboxylic acids is 3. The molecule has 2 amide bonds. The predicted molar refractivity (Wildman–Crippen MR) is 160 cm³/mol. The van der Waals surface area contributed by atoms with Gasteiger partial charge in [0.1, 0.15) is 0 Å². The van der Waals surface area contributed by atoms with E-state index in [4.69, 9.17) is 0 Å². The van der Waals surface area contributed by atoms with Crippen LogP contribution in [0.3, 0.4) is 0 Å². The lowest BCUT2D eigenvalue weighted by atomic mass is 10.0. The molecule has 5 heteroatoms. The Morgan fingerprint density at radius 1 is 1.08 bits per heavy atom. The van der Waals surface area contributed by atoms with Crippen LogP contribution in [-0.4, -0.2) is 35.1 Å². The Morgan fingerprint density at radius 2 is 1.72 bits per heavy atom. The van der Waals surface area contributed by atoms with Crippen LogP contribution in [0.25, 0.3) is 12.2 Å². The van der Waals surface area contributed by atoms with Crippen molar-refractivity contribution in [2.45, 2.75) is 65.3 Å². The number of hydrogen-bond acceptors (Lipinski definition) is 3. The number of unbranched alkanes of at least 4 members (excludes halogenated alkanes) is 1. The number of rotatable bonds is 12.